The van der Waals surface area contributed by atoms with Crippen molar-refractivity contribution in [1.82, 2.24) is 9.80 Å². The van der Waals surface area contributed by atoms with Gasteiger partial charge in [0.05, 0.1) is 12.0 Å². The summed E-state index contributed by atoms with van der Waals surface area (Å²) < 4.78 is 0. The summed E-state index contributed by atoms with van der Waals surface area (Å²) in [5, 5.41) is 0. The Bertz CT molecular complexity index is 421. The van der Waals surface area contributed by atoms with Crippen molar-refractivity contribution in [1.29, 1.82) is 0 Å². The van der Waals surface area contributed by atoms with Gasteiger partial charge >= 0.3 is 0 Å². The summed E-state index contributed by atoms with van der Waals surface area (Å²) in [6, 6.07) is 0. The molecular formula is C18H30N2O2. The summed E-state index contributed by atoms with van der Waals surface area (Å²) in [6.45, 7) is 5.65. The lowest BCUT2D eigenvalue weighted by molar-refractivity contribution is -0.158. The minimum Gasteiger partial charge on any atom is -0.342 e. The lowest BCUT2D eigenvalue weighted by Crippen LogP contribution is -2.55. The van der Waals surface area contributed by atoms with E-state index in [9.17, 15) is 9.59 Å². The molecule has 22 heavy (non-hydrogen) atoms. The van der Waals surface area contributed by atoms with Gasteiger partial charge in [0.25, 0.3) is 0 Å². The molecule has 4 heteroatoms. The molecule has 0 aromatic rings. The SMILES string of the molecule is CCN(CC)C(=O)CN(C)C(=O)C12CC3CC(CC(C3)C1)C2. The highest BCUT2D eigenvalue weighted by Gasteiger charge is 2.55. The van der Waals surface area contributed by atoms with E-state index in [2.05, 4.69) is 0 Å². The zero-order valence-electron chi connectivity index (χ0n) is 14.3. The summed E-state index contributed by atoms with van der Waals surface area (Å²) in [5.41, 5.74) is -0.132. The highest BCUT2D eigenvalue weighted by atomic mass is 16.2. The first-order valence-electron chi connectivity index (χ1n) is 9.00. The molecule has 0 unspecified atom stereocenters. The molecule has 0 radical (unpaired) electrons. The number of hydrogen-bond donors (Lipinski definition) is 0. The van der Waals surface area contributed by atoms with Crippen molar-refractivity contribution in [3.63, 3.8) is 0 Å². The number of carbonyl (C=O) groups excluding carboxylic acids is 2. The predicted octanol–water partition coefficient (Wildman–Crippen LogP) is 2.53. The molecule has 4 bridgehead atoms. The van der Waals surface area contributed by atoms with Crippen LogP contribution in [-0.2, 0) is 9.59 Å². The monoisotopic (exact) mass is 306 g/mol. The van der Waals surface area contributed by atoms with E-state index in [0.717, 1.165) is 37.0 Å². The van der Waals surface area contributed by atoms with Crippen molar-refractivity contribution < 1.29 is 9.59 Å². The molecular weight excluding hydrogens is 276 g/mol. The lowest BCUT2D eigenvalue weighted by Gasteiger charge is -2.56. The van der Waals surface area contributed by atoms with Crippen molar-refractivity contribution >= 4 is 11.8 Å². The summed E-state index contributed by atoms with van der Waals surface area (Å²) in [6.07, 6.45) is 7.24. The standard InChI is InChI=1S/C18H30N2O2/c1-4-20(5-2)16(21)12-19(3)17(22)18-9-13-6-14(10-18)8-15(7-13)11-18/h13-15H,4-12H2,1-3H3. The Kier molecular flexibility index (Phi) is 4.21. The Balaban J connectivity index is 1.67. The lowest BCUT2D eigenvalue weighted by atomic mass is 9.49. The van der Waals surface area contributed by atoms with E-state index in [1.54, 1.807) is 4.90 Å². The molecule has 0 atom stereocenters. The summed E-state index contributed by atoms with van der Waals surface area (Å²) in [7, 11) is 1.82. The molecule has 0 aliphatic heterocycles. The Morgan fingerprint density at radius 1 is 0.955 bits per heavy atom. The Hall–Kier alpha value is -1.06. The first-order valence-corrected chi connectivity index (χ1v) is 9.00. The summed E-state index contributed by atoms with van der Waals surface area (Å²) >= 11 is 0. The number of amides is 2. The van der Waals surface area contributed by atoms with Crippen LogP contribution in [0.25, 0.3) is 0 Å². The third-order valence-electron chi connectivity index (χ3n) is 6.33. The second-order valence-electron chi connectivity index (χ2n) is 7.93. The van der Waals surface area contributed by atoms with Crippen LogP contribution in [0.3, 0.4) is 0 Å². The summed E-state index contributed by atoms with van der Waals surface area (Å²) in [4.78, 5) is 28.9. The first-order chi connectivity index (χ1) is 10.5. The molecule has 0 spiro atoms. The fourth-order valence-corrected chi connectivity index (χ4v) is 5.73. The normalized spacial score (nSPS) is 35.5. The molecule has 0 heterocycles. The van der Waals surface area contributed by atoms with Crippen molar-refractivity contribution in [2.24, 2.45) is 23.2 Å². The third-order valence-corrected chi connectivity index (χ3v) is 6.33. The second-order valence-corrected chi connectivity index (χ2v) is 7.93. The van der Waals surface area contributed by atoms with Crippen LogP contribution < -0.4 is 0 Å². The van der Waals surface area contributed by atoms with E-state index < -0.39 is 0 Å². The maximum Gasteiger partial charge on any atom is 0.242 e. The topological polar surface area (TPSA) is 40.6 Å². The average Bonchev–Trinajstić information content (AvgIpc) is 2.46. The van der Waals surface area contributed by atoms with Crippen LogP contribution in [0, 0.1) is 23.2 Å². The average molecular weight is 306 g/mol. The highest BCUT2D eigenvalue weighted by molar-refractivity contribution is 5.88. The fourth-order valence-electron chi connectivity index (χ4n) is 5.73. The van der Waals surface area contributed by atoms with Gasteiger partial charge in [0, 0.05) is 20.1 Å². The molecule has 4 fully saturated rings. The van der Waals surface area contributed by atoms with Crippen molar-refractivity contribution in [2.45, 2.75) is 52.4 Å². The van der Waals surface area contributed by atoms with Gasteiger partial charge in [-0.1, -0.05) is 0 Å². The third kappa shape index (κ3) is 2.65. The van der Waals surface area contributed by atoms with Crippen LogP contribution in [0.2, 0.25) is 0 Å². The van der Waals surface area contributed by atoms with E-state index >= 15 is 0 Å². The first kappa shape index (κ1) is 15.8. The van der Waals surface area contributed by atoms with Crippen molar-refractivity contribution in [2.75, 3.05) is 26.7 Å². The van der Waals surface area contributed by atoms with Crippen LogP contribution >= 0.6 is 0 Å². The van der Waals surface area contributed by atoms with Crippen molar-refractivity contribution in [3.05, 3.63) is 0 Å². The van der Waals surface area contributed by atoms with Crippen LogP contribution in [0.1, 0.15) is 52.4 Å². The predicted molar refractivity (Wildman–Crippen MR) is 86.2 cm³/mol. The molecule has 0 saturated heterocycles. The maximum atomic E-state index is 13.1. The number of nitrogens with zero attached hydrogens (tertiary/aromatic N) is 2. The minimum absolute atomic E-state index is 0.0746. The zero-order valence-corrected chi connectivity index (χ0v) is 14.3. The van der Waals surface area contributed by atoms with Gasteiger partial charge in [0.2, 0.25) is 11.8 Å². The Morgan fingerprint density at radius 3 is 1.82 bits per heavy atom. The number of rotatable bonds is 5. The highest BCUT2D eigenvalue weighted by Crippen LogP contribution is 2.60. The van der Waals surface area contributed by atoms with Gasteiger partial charge in [-0.2, -0.15) is 0 Å². The number of hydrogen-bond acceptors (Lipinski definition) is 2. The number of carbonyl (C=O) groups is 2. The molecule has 124 valence electrons. The Morgan fingerprint density at radius 2 is 1.41 bits per heavy atom. The molecule has 4 nitrogen and oxygen atoms in total. The molecule has 0 N–H and O–H groups in total. The second kappa shape index (κ2) is 5.86. The molecule has 0 aromatic heterocycles. The fraction of sp³-hybridized carbons (Fsp3) is 0.889. The zero-order chi connectivity index (χ0) is 15.9. The van der Waals surface area contributed by atoms with E-state index in [-0.39, 0.29) is 23.8 Å². The molecule has 4 rings (SSSR count). The van der Waals surface area contributed by atoms with Gasteiger partial charge in [-0.05, 0) is 70.1 Å². The van der Waals surface area contributed by atoms with Gasteiger partial charge in [-0.3, -0.25) is 9.59 Å². The van der Waals surface area contributed by atoms with E-state index in [1.165, 1.54) is 19.3 Å². The van der Waals surface area contributed by atoms with Crippen LogP contribution in [0.4, 0.5) is 0 Å². The molecule has 4 saturated carbocycles. The maximum absolute atomic E-state index is 13.1. The largest absolute Gasteiger partial charge is 0.342 e. The minimum atomic E-state index is -0.132. The van der Waals surface area contributed by atoms with E-state index in [4.69, 9.17) is 0 Å². The Labute approximate surface area is 134 Å². The van der Waals surface area contributed by atoms with Gasteiger partial charge < -0.3 is 9.80 Å². The van der Waals surface area contributed by atoms with Crippen molar-refractivity contribution in [3.8, 4) is 0 Å². The van der Waals surface area contributed by atoms with Gasteiger partial charge in [0.15, 0.2) is 0 Å². The van der Waals surface area contributed by atoms with Gasteiger partial charge in [-0.15, -0.1) is 0 Å². The number of likely N-dealkylation sites (N-methyl/N-ethyl adjacent to an activating group) is 2. The van der Waals surface area contributed by atoms with Crippen LogP contribution in [0.15, 0.2) is 0 Å². The van der Waals surface area contributed by atoms with E-state index in [1.807, 2.05) is 25.8 Å². The van der Waals surface area contributed by atoms with Crippen LogP contribution in [-0.4, -0.2) is 48.3 Å². The molecule has 0 aromatic carbocycles. The molecule has 2 amide bonds. The van der Waals surface area contributed by atoms with Crippen LogP contribution in [0.5, 0.6) is 0 Å². The summed E-state index contributed by atoms with van der Waals surface area (Å²) in [5.74, 6) is 2.61. The smallest absolute Gasteiger partial charge is 0.242 e. The van der Waals surface area contributed by atoms with Gasteiger partial charge in [0.1, 0.15) is 0 Å². The molecule has 4 aliphatic rings. The quantitative estimate of drug-likeness (QED) is 0.783. The molecule has 4 aliphatic carbocycles. The van der Waals surface area contributed by atoms with E-state index in [0.29, 0.717) is 13.1 Å². The van der Waals surface area contributed by atoms with Gasteiger partial charge in [-0.25, -0.2) is 0 Å².